The molecule has 148 valence electrons. The van der Waals surface area contributed by atoms with Gasteiger partial charge in [0.1, 0.15) is 12.2 Å². The van der Waals surface area contributed by atoms with Crippen LogP contribution in [0.4, 0.5) is 4.79 Å². The maximum Gasteiger partial charge on any atom is 0.421 e. The van der Waals surface area contributed by atoms with Gasteiger partial charge in [-0.1, -0.05) is 31.5 Å². The number of nitrogens with two attached hydrogens (primary N) is 1. The summed E-state index contributed by atoms with van der Waals surface area (Å²) < 4.78 is 3.44. The molecule has 1 aromatic heterocycles. The second-order valence-corrected chi connectivity index (χ2v) is 6.59. The van der Waals surface area contributed by atoms with E-state index in [2.05, 4.69) is 16.7 Å². The molecule has 10 nitrogen and oxygen atoms in total. The zero-order valence-electron chi connectivity index (χ0n) is 16.3. The molecule has 4 amide bonds. The fourth-order valence-corrected chi connectivity index (χ4v) is 3.38. The Morgan fingerprint density at radius 3 is 2.64 bits per heavy atom. The van der Waals surface area contributed by atoms with Crippen LogP contribution in [0.15, 0.2) is 23.7 Å². The van der Waals surface area contributed by atoms with E-state index in [9.17, 15) is 14.4 Å². The second kappa shape index (κ2) is 7.37. The monoisotopic (exact) mass is 386 g/mol. The molecule has 1 saturated heterocycles. The Balaban J connectivity index is 2.15. The Kier molecular flexibility index (Phi) is 5.12. The molecule has 0 aromatic carbocycles. The topological polar surface area (TPSA) is 117 Å². The molecule has 28 heavy (non-hydrogen) atoms. The number of carbonyl (C=O) groups excluding carboxylic acids is 3. The molecule has 1 fully saturated rings. The Hall–Kier alpha value is -3.30. The van der Waals surface area contributed by atoms with Crippen LogP contribution in [-0.4, -0.2) is 80.0 Å². The number of imide groups is 1. The summed E-state index contributed by atoms with van der Waals surface area (Å²) in [5.41, 5.74) is 7.07. The number of primary amides is 1. The largest absolute Gasteiger partial charge is 0.421 e. The molecule has 2 aliphatic rings. The summed E-state index contributed by atoms with van der Waals surface area (Å²) in [5.74, 6) is -0.562. The quantitative estimate of drug-likeness (QED) is 0.527. The lowest BCUT2D eigenvalue weighted by atomic mass is 10.1. The van der Waals surface area contributed by atoms with Gasteiger partial charge in [-0.05, 0) is 12.5 Å². The summed E-state index contributed by atoms with van der Waals surface area (Å²) >= 11 is 0. The van der Waals surface area contributed by atoms with E-state index in [1.807, 2.05) is 19.9 Å². The highest BCUT2D eigenvalue weighted by Crippen LogP contribution is 2.21. The van der Waals surface area contributed by atoms with Crippen LogP contribution in [-0.2, 0) is 22.4 Å². The lowest BCUT2D eigenvalue weighted by molar-refractivity contribution is -0.527. The first-order chi connectivity index (χ1) is 13.3. The summed E-state index contributed by atoms with van der Waals surface area (Å²) in [6, 6.07) is 0.509. The number of amidine groups is 1. The van der Waals surface area contributed by atoms with Crippen molar-refractivity contribution < 1.29 is 19.0 Å². The minimum absolute atomic E-state index is 0.295. The van der Waals surface area contributed by atoms with Crippen LogP contribution in [0, 0.1) is 0 Å². The number of carbonyl (C=O) groups is 3. The molecule has 2 N–H and O–H groups in total. The number of rotatable bonds is 6. The van der Waals surface area contributed by atoms with E-state index in [0.29, 0.717) is 18.3 Å². The van der Waals surface area contributed by atoms with Gasteiger partial charge in [0.15, 0.2) is 0 Å². The number of hydrogen-bond donors (Lipinski definition) is 1. The molecule has 0 bridgehead atoms. The molecular formula is C18H24N7O3+. The van der Waals surface area contributed by atoms with Gasteiger partial charge in [0.25, 0.3) is 5.91 Å². The van der Waals surface area contributed by atoms with Gasteiger partial charge in [-0.2, -0.15) is 0 Å². The number of amides is 4. The highest BCUT2D eigenvalue weighted by Gasteiger charge is 2.53. The summed E-state index contributed by atoms with van der Waals surface area (Å²) in [5, 5.41) is 4.60. The normalized spacial score (nSPS) is 19.2. The third-order valence-electron chi connectivity index (χ3n) is 4.78. The average molecular weight is 386 g/mol. The number of likely N-dealkylation sites (N-methyl/N-ethyl adjacent to an activating group) is 1. The summed E-state index contributed by atoms with van der Waals surface area (Å²) in [4.78, 5) is 43.7. The van der Waals surface area contributed by atoms with Gasteiger partial charge in [0.05, 0.1) is 12.2 Å². The van der Waals surface area contributed by atoms with E-state index in [4.69, 9.17) is 5.73 Å². The van der Waals surface area contributed by atoms with Crippen LogP contribution < -0.4 is 5.73 Å². The number of fused-ring (bicyclic) bond motifs is 1. The Morgan fingerprint density at radius 1 is 1.36 bits per heavy atom. The van der Waals surface area contributed by atoms with Crippen molar-refractivity contribution in [2.24, 2.45) is 10.7 Å². The summed E-state index contributed by atoms with van der Waals surface area (Å²) in [6.07, 6.45) is 3.14. The lowest BCUT2D eigenvalue weighted by Crippen LogP contribution is -2.64. The SMILES string of the molecule is C=CC[N+]1=C(n2nc(CC)cc2CC)N=C2C1C(=O)N(CC(N)=O)C(=O)N2C. The maximum absolute atomic E-state index is 13.0. The van der Waals surface area contributed by atoms with Gasteiger partial charge in [-0.3, -0.25) is 19.4 Å². The highest BCUT2D eigenvalue weighted by atomic mass is 16.2. The van der Waals surface area contributed by atoms with E-state index >= 15 is 0 Å². The smallest absolute Gasteiger partial charge is 0.368 e. The van der Waals surface area contributed by atoms with Crippen LogP contribution in [0.1, 0.15) is 25.2 Å². The number of aryl methyl sites for hydroxylation is 2. The van der Waals surface area contributed by atoms with Crippen LogP contribution >= 0.6 is 0 Å². The molecule has 1 atom stereocenters. The molecule has 0 radical (unpaired) electrons. The third kappa shape index (κ3) is 3.00. The molecule has 10 heteroatoms. The summed E-state index contributed by atoms with van der Waals surface area (Å²) in [6.45, 7) is 7.62. The first-order valence-electron chi connectivity index (χ1n) is 9.12. The number of aliphatic imine (C=N–C) groups is 1. The molecule has 3 rings (SSSR count). The number of aromatic nitrogens is 2. The van der Waals surface area contributed by atoms with Crippen molar-refractivity contribution >= 4 is 29.6 Å². The average Bonchev–Trinajstić information content (AvgIpc) is 3.25. The fraction of sp³-hybridized carbons (Fsp3) is 0.444. The van der Waals surface area contributed by atoms with Gasteiger partial charge in [-0.25, -0.2) is 9.37 Å². The first-order valence-corrected chi connectivity index (χ1v) is 9.12. The van der Waals surface area contributed by atoms with Gasteiger partial charge >= 0.3 is 12.0 Å². The molecule has 0 saturated carbocycles. The van der Waals surface area contributed by atoms with Gasteiger partial charge in [-0.15, -0.1) is 9.78 Å². The number of hydrogen-bond acceptors (Lipinski definition) is 5. The van der Waals surface area contributed by atoms with E-state index in [0.717, 1.165) is 29.1 Å². The zero-order chi connectivity index (χ0) is 20.6. The van der Waals surface area contributed by atoms with Crippen LogP contribution in [0.2, 0.25) is 0 Å². The number of urea groups is 1. The van der Waals surface area contributed by atoms with Crippen molar-refractivity contribution in [2.75, 3.05) is 20.1 Å². The van der Waals surface area contributed by atoms with Crippen molar-refractivity contribution in [2.45, 2.75) is 32.7 Å². The number of nitrogens with zero attached hydrogens (tertiary/aromatic N) is 6. The zero-order valence-corrected chi connectivity index (χ0v) is 16.3. The van der Waals surface area contributed by atoms with Gasteiger partial charge < -0.3 is 5.73 Å². The van der Waals surface area contributed by atoms with Gasteiger partial charge in [0.2, 0.25) is 17.8 Å². The predicted molar refractivity (Wildman–Crippen MR) is 102 cm³/mol. The molecule has 1 aromatic rings. The minimum atomic E-state index is -0.853. The first kappa shape index (κ1) is 19.5. The maximum atomic E-state index is 13.0. The predicted octanol–water partition coefficient (Wildman–Crippen LogP) is -0.429. The molecule has 2 aliphatic heterocycles. The molecular weight excluding hydrogens is 362 g/mol. The Morgan fingerprint density at radius 2 is 2.07 bits per heavy atom. The van der Waals surface area contributed by atoms with Crippen LogP contribution in [0.5, 0.6) is 0 Å². The van der Waals surface area contributed by atoms with Crippen LogP contribution in [0.3, 0.4) is 0 Å². The highest BCUT2D eigenvalue weighted by molar-refractivity contribution is 6.23. The second-order valence-electron chi connectivity index (χ2n) is 6.59. The van der Waals surface area contributed by atoms with Crippen molar-refractivity contribution in [3.63, 3.8) is 0 Å². The molecule has 3 heterocycles. The van der Waals surface area contributed by atoms with Crippen molar-refractivity contribution in [1.82, 2.24) is 19.6 Å². The fourth-order valence-electron chi connectivity index (χ4n) is 3.38. The summed E-state index contributed by atoms with van der Waals surface area (Å²) in [7, 11) is 1.52. The third-order valence-corrected chi connectivity index (χ3v) is 4.78. The van der Waals surface area contributed by atoms with Crippen molar-refractivity contribution in [3.8, 4) is 0 Å². The van der Waals surface area contributed by atoms with Crippen molar-refractivity contribution in [3.05, 3.63) is 30.1 Å². The van der Waals surface area contributed by atoms with Crippen molar-refractivity contribution in [1.29, 1.82) is 0 Å². The molecule has 0 spiro atoms. The van der Waals surface area contributed by atoms with E-state index in [1.165, 1.54) is 11.9 Å². The van der Waals surface area contributed by atoms with E-state index < -0.39 is 30.4 Å². The Labute approximate surface area is 162 Å². The lowest BCUT2D eigenvalue weighted by Gasteiger charge is -2.33. The minimum Gasteiger partial charge on any atom is -0.368 e. The standard InChI is InChI=1S/C18H23N7O3/c1-5-8-23-14-15(22(4)18(28)24(16(14)27)10-13(19)26)20-17(23)25-12(7-3)9-11(6-2)21-25/h5,9,14H,1,6-8,10H2,2-4H3,(H-,19,26)/p+1. The van der Waals surface area contributed by atoms with Gasteiger partial charge in [0, 0.05) is 13.5 Å². The van der Waals surface area contributed by atoms with E-state index in [-0.39, 0.29) is 0 Å². The Bertz CT molecular complexity index is 928. The van der Waals surface area contributed by atoms with E-state index in [1.54, 1.807) is 15.3 Å². The molecule has 0 aliphatic carbocycles. The van der Waals surface area contributed by atoms with Crippen LogP contribution in [0.25, 0.3) is 0 Å². The molecule has 1 unspecified atom stereocenters.